The van der Waals surface area contributed by atoms with Gasteiger partial charge in [0.1, 0.15) is 0 Å². The van der Waals surface area contributed by atoms with Crippen LogP contribution in [0.2, 0.25) is 0 Å². The fourth-order valence-corrected chi connectivity index (χ4v) is 2.13. The maximum Gasteiger partial charge on any atom is 0.0618 e. The van der Waals surface area contributed by atoms with Crippen molar-refractivity contribution in [3.8, 4) is 0 Å². The first-order valence-electron chi connectivity index (χ1n) is 5.82. The Morgan fingerprint density at radius 2 is 2.21 bits per heavy atom. The van der Waals surface area contributed by atoms with E-state index in [4.69, 9.17) is 4.74 Å². The van der Waals surface area contributed by atoms with E-state index in [0.717, 1.165) is 13.2 Å². The summed E-state index contributed by atoms with van der Waals surface area (Å²) in [4.78, 5) is 2.58. The van der Waals surface area contributed by atoms with Crippen molar-refractivity contribution in [2.75, 3.05) is 39.9 Å². The van der Waals surface area contributed by atoms with Crippen LogP contribution >= 0.6 is 0 Å². The Balaban J connectivity index is 2.38. The van der Waals surface area contributed by atoms with Gasteiger partial charge in [-0.3, -0.25) is 4.90 Å². The van der Waals surface area contributed by atoms with Crippen LogP contribution in [0.3, 0.4) is 0 Å². The maximum atomic E-state index is 5.29. The van der Waals surface area contributed by atoms with E-state index < -0.39 is 0 Å². The normalized spacial score (nSPS) is 21.9. The average molecular weight is 200 g/mol. The summed E-state index contributed by atoms with van der Waals surface area (Å²) in [6.07, 6.45) is 3.77. The Morgan fingerprint density at radius 1 is 1.36 bits per heavy atom. The number of nitrogens with zero attached hydrogens (tertiary/aromatic N) is 1. The lowest BCUT2D eigenvalue weighted by Gasteiger charge is -2.29. The molecule has 0 spiro atoms. The first kappa shape index (κ1) is 12.0. The monoisotopic (exact) mass is 200 g/mol. The molecule has 3 heteroatoms. The number of ether oxygens (including phenoxy) is 1. The molecule has 14 heavy (non-hydrogen) atoms. The van der Waals surface area contributed by atoms with Crippen molar-refractivity contribution in [3.05, 3.63) is 0 Å². The second-order valence-electron chi connectivity index (χ2n) is 4.04. The minimum Gasteiger partial charge on any atom is -0.383 e. The van der Waals surface area contributed by atoms with Crippen molar-refractivity contribution in [3.63, 3.8) is 0 Å². The fraction of sp³-hybridized carbons (Fsp3) is 1.00. The van der Waals surface area contributed by atoms with Crippen LogP contribution in [0.5, 0.6) is 0 Å². The molecule has 0 aromatic heterocycles. The summed E-state index contributed by atoms with van der Waals surface area (Å²) in [5, 5.41) is 3.43. The third-order valence-electron chi connectivity index (χ3n) is 2.87. The van der Waals surface area contributed by atoms with Crippen LogP contribution in [0.1, 0.15) is 26.2 Å². The van der Waals surface area contributed by atoms with Crippen LogP contribution in [0, 0.1) is 0 Å². The number of rotatable bonds is 5. The van der Waals surface area contributed by atoms with Crippen LogP contribution in [0.4, 0.5) is 0 Å². The molecular formula is C11H24N2O. The lowest BCUT2D eigenvalue weighted by atomic mass is 10.1. The van der Waals surface area contributed by atoms with E-state index in [1.165, 1.54) is 38.9 Å². The Morgan fingerprint density at radius 3 is 2.93 bits per heavy atom. The van der Waals surface area contributed by atoms with Gasteiger partial charge in [-0.25, -0.2) is 0 Å². The largest absolute Gasteiger partial charge is 0.383 e. The van der Waals surface area contributed by atoms with Crippen LogP contribution in [0.15, 0.2) is 0 Å². The van der Waals surface area contributed by atoms with Crippen molar-refractivity contribution >= 4 is 0 Å². The third-order valence-corrected chi connectivity index (χ3v) is 2.87. The minimum atomic E-state index is 0.630. The molecule has 0 amide bonds. The second kappa shape index (κ2) is 7.21. The zero-order chi connectivity index (χ0) is 10.2. The summed E-state index contributed by atoms with van der Waals surface area (Å²) in [5.74, 6) is 0. The average Bonchev–Trinajstić information content (AvgIpc) is 2.45. The zero-order valence-electron chi connectivity index (χ0n) is 9.59. The van der Waals surface area contributed by atoms with Crippen LogP contribution in [-0.4, -0.2) is 50.8 Å². The number of methoxy groups -OCH3 is 1. The molecule has 0 saturated carbocycles. The predicted octanol–water partition coefficient (Wildman–Crippen LogP) is 1.10. The fourth-order valence-electron chi connectivity index (χ4n) is 2.13. The quantitative estimate of drug-likeness (QED) is 0.719. The molecule has 1 saturated heterocycles. The topological polar surface area (TPSA) is 24.5 Å². The molecular weight excluding hydrogens is 176 g/mol. The molecule has 1 aliphatic heterocycles. The summed E-state index contributed by atoms with van der Waals surface area (Å²) in [6, 6.07) is 0.630. The van der Waals surface area contributed by atoms with Gasteiger partial charge in [-0.05, 0) is 25.9 Å². The summed E-state index contributed by atoms with van der Waals surface area (Å²) >= 11 is 0. The molecule has 84 valence electrons. The highest BCUT2D eigenvalue weighted by Gasteiger charge is 2.18. The van der Waals surface area contributed by atoms with Crippen molar-refractivity contribution in [2.24, 2.45) is 0 Å². The van der Waals surface area contributed by atoms with Gasteiger partial charge < -0.3 is 10.1 Å². The molecule has 1 atom stereocenters. The molecule has 1 heterocycles. The Hall–Kier alpha value is -0.120. The summed E-state index contributed by atoms with van der Waals surface area (Å²) in [6.45, 7) is 7.83. The van der Waals surface area contributed by atoms with E-state index in [2.05, 4.69) is 17.1 Å². The molecule has 0 aliphatic carbocycles. The lowest BCUT2D eigenvalue weighted by molar-refractivity contribution is 0.0885. The Labute approximate surface area is 87.8 Å². The number of nitrogens with one attached hydrogen (secondary N) is 1. The Bertz CT molecular complexity index is 127. The van der Waals surface area contributed by atoms with E-state index in [-0.39, 0.29) is 0 Å². The van der Waals surface area contributed by atoms with Crippen molar-refractivity contribution in [1.29, 1.82) is 0 Å². The highest BCUT2D eigenvalue weighted by molar-refractivity contribution is 4.74. The van der Waals surface area contributed by atoms with Crippen LogP contribution in [0.25, 0.3) is 0 Å². The minimum absolute atomic E-state index is 0.630. The predicted molar refractivity (Wildman–Crippen MR) is 59.6 cm³/mol. The van der Waals surface area contributed by atoms with Gasteiger partial charge >= 0.3 is 0 Å². The van der Waals surface area contributed by atoms with E-state index in [0.29, 0.717) is 6.04 Å². The van der Waals surface area contributed by atoms with Gasteiger partial charge in [0.15, 0.2) is 0 Å². The number of hydrogen-bond donors (Lipinski definition) is 1. The van der Waals surface area contributed by atoms with E-state index in [1.54, 1.807) is 7.11 Å². The van der Waals surface area contributed by atoms with E-state index >= 15 is 0 Å². The van der Waals surface area contributed by atoms with Gasteiger partial charge in [-0.15, -0.1) is 0 Å². The van der Waals surface area contributed by atoms with E-state index in [1.807, 2.05) is 0 Å². The summed E-state index contributed by atoms with van der Waals surface area (Å²) in [5.41, 5.74) is 0. The maximum absolute atomic E-state index is 5.29. The van der Waals surface area contributed by atoms with Crippen molar-refractivity contribution in [2.45, 2.75) is 32.2 Å². The van der Waals surface area contributed by atoms with Crippen LogP contribution in [-0.2, 0) is 4.74 Å². The van der Waals surface area contributed by atoms with E-state index in [9.17, 15) is 0 Å². The van der Waals surface area contributed by atoms with Gasteiger partial charge in [-0.1, -0.05) is 13.3 Å². The molecule has 0 bridgehead atoms. The van der Waals surface area contributed by atoms with Gasteiger partial charge in [0, 0.05) is 26.2 Å². The second-order valence-corrected chi connectivity index (χ2v) is 4.04. The van der Waals surface area contributed by atoms with Crippen molar-refractivity contribution < 1.29 is 4.74 Å². The van der Waals surface area contributed by atoms with Crippen LogP contribution < -0.4 is 5.32 Å². The molecule has 1 N–H and O–H groups in total. The van der Waals surface area contributed by atoms with Gasteiger partial charge in [-0.2, -0.15) is 0 Å². The molecule has 0 aromatic carbocycles. The SMILES string of the molecule is CCCC(COC)N1CCCNCC1. The zero-order valence-corrected chi connectivity index (χ0v) is 9.59. The van der Waals surface area contributed by atoms with Gasteiger partial charge in [0.2, 0.25) is 0 Å². The highest BCUT2D eigenvalue weighted by Crippen LogP contribution is 2.09. The first-order chi connectivity index (χ1) is 6.88. The third kappa shape index (κ3) is 3.95. The Kier molecular flexibility index (Phi) is 6.15. The summed E-state index contributed by atoms with van der Waals surface area (Å²) in [7, 11) is 1.80. The molecule has 0 aromatic rings. The van der Waals surface area contributed by atoms with Crippen molar-refractivity contribution in [1.82, 2.24) is 10.2 Å². The van der Waals surface area contributed by atoms with Gasteiger partial charge in [0.05, 0.1) is 6.61 Å². The lowest BCUT2D eigenvalue weighted by Crippen LogP contribution is -2.40. The number of hydrogen-bond acceptors (Lipinski definition) is 3. The molecule has 3 nitrogen and oxygen atoms in total. The molecule has 0 radical (unpaired) electrons. The first-order valence-corrected chi connectivity index (χ1v) is 5.82. The molecule has 1 aliphatic rings. The molecule has 1 unspecified atom stereocenters. The molecule has 1 rings (SSSR count). The van der Waals surface area contributed by atoms with Gasteiger partial charge in [0.25, 0.3) is 0 Å². The molecule has 1 fully saturated rings. The smallest absolute Gasteiger partial charge is 0.0618 e. The highest BCUT2D eigenvalue weighted by atomic mass is 16.5. The standard InChI is InChI=1S/C11H24N2O/c1-3-5-11(10-14-2)13-8-4-6-12-7-9-13/h11-12H,3-10H2,1-2H3. The summed E-state index contributed by atoms with van der Waals surface area (Å²) < 4.78 is 5.29.